The van der Waals surface area contributed by atoms with Crippen LogP contribution >= 0.6 is 15.9 Å². The first-order chi connectivity index (χ1) is 15.6. The van der Waals surface area contributed by atoms with Gasteiger partial charge in [-0.2, -0.15) is 18.3 Å². The highest BCUT2D eigenvalue weighted by Crippen LogP contribution is 2.40. The smallest absolute Gasteiger partial charge is 0.317 e. The van der Waals surface area contributed by atoms with Crippen molar-refractivity contribution < 1.29 is 26.7 Å². The first-order valence-electron chi connectivity index (χ1n) is 9.67. The van der Waals surface area contributed by atoms with Gasteiger partial charge in [0.25, 0.3) is 5.91 Å². The number of halogens is 6. The molecule has 5 nitrogen and oxygen atoms in total. The van der Waals surface area contributed by atoms with Crippen LogP contribution in [0.4, 0.5) is 27.6 Å². The standard InChI is InChI=1S/C22H12BrF5N4O/c23-14-7-11(24)8-15(25)19(14)30-21(33)16-9-17-29-18-12-4-2-1-3-10(12)5-6-13(18)20(22(26,27)28)32(17)31-16/h1-4,7-9H,5-6H2,(H,30,33). The summed E-state index contributed by atoms with van der Waals surface area (Å²) < 4.78 is 70.2. The number of nitrogens with one attached hydrogen (secondary N) is 1. The van der Waals surface area contributed by atoms with Gasteiger partial charge in [0.2, 0.25) is 0 Å². The van der Waals surface area contributed by atoms with Crippen LogP contribution in [0, 0.1) is 11.6 Å². The summed E-state index contributed by atoms with van der Waals surface area (Å²) in [6, 6.07) is 9.67. The number of hydrogen-bond donors (Lipinski definition) is 1. The van der Waals surface area contributed by atoms with Crippen LogP contribution in [0.2, 0.25) is 0 Å². The minimum atomic E-state index is -4.76. The predicted molar refractivity (Wildman–Crippen MR) is 113 cm³/mol. The monoisotopic (exact) mass is 522 g/mol. The number of carbonyl (C=O) groups excluding carboxylic acids is 1. The number of hydrogen-bond acceptors (Lipinski definition) is 3. The van der Waals surface area contributed by atoms with E-state index in [4.69, 9.17) is 0 Å². The van der Waals surface area contributed by atoms with E-state index in [1.165, 1.54) is 0 Å². The highest BCUT2D eigenvalue weighted by Gasteiger charge is 2.40. The average molecular weight is 523 g/mol. The SMILES string of the molecule is O=C(Nc1c(F)cc(F)cc1Br)c1cc2nc3c(c(C(F)(F)F)n2n1)CCc1ccccc1-3. The number of nitrogens with zero attached hydrogens (tertiary/aromatic N) is 3. The van der Waals surface area contributed by atoms with Gasteiger partial charge in [-0.05, 0) is 40.4 Å². The summed E-state index contributed by atoms with van der Waals surface area (Å²) >= 11 is 2.95. The van der Waals surface area contributed by atoms with Gasteiger partial charge in [-0.1, -0.05) is 24.3 Å². The van der Waals surface area contributed by atoms with Gasteiger partial charge in [-0.15, -0.1) is 0 Å². The molecule has 1 aliphatic carbocycles. The maximum atomic E-state index is 14.1. The Kier molecular flexibility index (Phi) is 4.96. The number of alkyl halides is 3. The van der Waals surface area contributed by atoms with Crippen molar-refractivity contribution in [2.45, 2.75) is 19.0 Å². The lowest BCUT2D eigenvalue weighted by atomic mass is 9.88. The molecule has 168 valence electrons. The Morgan fingerprint density at radius 2 is 1.85 bits per heavy atom. The first-order valence-corrected chi connectivity index (χ1v) is 10.5. The Morgan fingerprint density at radius 3 is 2.58 bits per heavy atom. The second-order valence-corrected chi connectivity index (χ2v) is 8.29. The van der Waals surface area contributed by atoms with Gasteiger partial charge >= 0.3 is 6.18 Å². The summed E-state index contributed by atoms with van der Waals surface area (Å²) in [5.41, 5.74) is -0.297. The molecular weight excluding hydrogens is 511 g/mol. The van der Waals surface area contributed by atoms with Crippen LogP contribution in [0.1, 0.15) is 27.3 Å². The Bertz CT molecular complexity index is 1420. The Balaban J connectivity index is 1.65. The van der Waals surface area contributed by atoms with E-state index >= 15 is 0 Å². The van der Waals surface area contributed by atoms with Crippen molar-refractivity contribution in [1.29, 1.82) is 0 Å². The van der Waals surface area contributed by atoms with Crippen molar-refractivity contribution in [3.63, 3.8) is 0 Å². The van der Waals surface area contributed by atoms with Gasteiger partial charge in [0, 0.05) is 27.7 Å². The summed E-state index contributed by atoms with van der Waals surface area (Å²) in [7, 11) is 0. The quantitative estimate of drug-likeness (QED) is 0.338. The van der Waals surface area contributed by atoms with Crippen LogP contribution in [0.3, 0.4) is 0 Å². The van der Waals surface area contributed by atoms with E-state index in [9.17, 15) is 26.7 Å². The summed E-state index contributed by atoms with van der Waals surface area (Å²) in [6.07, 6.45) is -4.24. The maximum absolute atomic E-state index is 14.1. The van der Waals surface area contributed by atoms with E-state index < -0.39 is 35.1 Å². The van der Waals surface area contributed by atoms with E-state index in [0.29, 0.717) is 22.6 Å². The molecule has 0 radical (unpaired) electrons. The minimum absolute atomic E-state index is 0.00363. The van der Waals surface area contributed by atoms with Gasteiger partial charge in [-0.25, -0.2) is 18.3 Å². The molecule has 0 saturated heterocycles. The van der Waals surface area contributed by atoms with E-state index in [2.05, 4.69) is 31.3 Å². The van der Waals surface area contributed by atoms with Crippen molar-refractivity contribution in [2.24, 2.45) is 0 Å². The molecule has 11 heteroatoms. The molecule has 1 amide bonds. The lowest BCUT2D eigenvalue weighted by Gasteiger charge is -2.23. The maximum Gasteiger partial charge on any atom is 0.433 e. The molecule has 0 fully saturated rings. The molecule has 0 spiro atoms. The normalized spacial score (nSPS) is 13.0. The molecule has 0 bridgehead atoms. The first kappa shape index (κ1) is 21.5. The number of carbonyl (C=O) groups is 1. The van der Waals surface area contributed by atoms with Crippen molar-refractivity contribution in [2.75, 3.05) is 5.32 Å². The van der Waals surface area contributed by atoms with Crippen molar-refractivity contribution >= 4 is 33.2 Å². The van der Waals surface area contributed by atoms with Crippen LogP contribution in [-0.4, -0.2) is 20.5 Å². The van der Waals surface area contributed by atoms with Crippen molar-refractivity contribution in [3.8, 4) is 11.3 Å². The van der Waals surface area contributed by atoms with E-state index in [0.717, 1.165) is 17.7 Å². The zero-order chi connectivity index (χ0) is 23.5. The van der Waals surface area contributed by atoms with Gasteiger partial charge < -0.3 is 5.32 Å². The largest absolute Gasteiger partial charge is 0.433 e. The molecule has 0 unspecified atom stereocenters. The van der Waals surface area contributed by atoms with E-state index in [1.54, 1.807) is 18.2 Å². The third-order valence-electron chi connectivity index (χ3n) is 5.36. The molecule has 1 aliphatic rings. The summed E-state index contributed by atoms with van der Waals surface area (Å²) in [4.78, 5) is 17.1. The molecule has 5 rings (SSSR count). The zero-order valence-corrected chi connectivity index (χ0v) is 18.1. The summed E-state index contributed by atoms with van der Waals surface area (Å²) in [6.45, 7) is 0. The number of rotatable bonds is 2. The number of aryl methyl sites for hydroxylation is 1. The average Bonchev–Trinajstić information content (AvgIpc) is 3.17. The van der Waals surface area contributed by atoms with Crippen molar-refractivity contribution in [3.05, 3.63) is 81.1 Å². The highest BCUT2D eigenvalue weighted by molar-refractivity contribution is 9.10. The number of amides is 1. The fraction of sp³-hybridized carbons (Fsp3) is 0.136. The van der Waals surface area contributed by atoms with Crippen LogP contribution < -0.4 is 5.32 Å². The van der Waals surface area contributed by atoms with Crippen LogP contribution in [0.25, 0.3) is 16.9 Å². The fourth-order valence-electron chi connectivity index (χ4n) is 3.97. The Labute approximate surface area is 191 Å². The second-order valence-electron chi connectivity index (χ2n) is 7.44. The molecule has 0 saturated carbocycles. The topological polar surface area (TPSA) is 59.3 Å². The van der Waals surface area contributed by atoms with Gasteiger partial charge in [0.1, 0.15) is 5.82 Å². The van der Waals surface area contributed by atoms with E-state index in [1.807, 2.05) is 6.07 Å². The van der Waals surface area contributed by atoms with Gasteiger partial charge in [-0.3, -0.25) is 4.79 Å². The van der Waals surface area contributed by atoms with Gasteiger partial charge in [0.05, 0.1) is 11.4 Å². The van der Waals surface area contributed by atoms with E-state index in [-0.39, 0.29) is 33.5 Å². The van der Waals surface area contributed by atoms with Crippen molar-refractivity contribution in [1.82, 2.24) is 14.6 Å². The van der Waals surface area contributed by atoms with Crippen LogP contribution in [-0.2, 0) is 19.0 Å². The third-order valence-corrected chi connectivity index (χ3v) is 5.99. The van der Waals surface area contributed by atoms with Gasteiger partial charge in [0.15, 0.2) is 22.9 Å². The lowest BCUT2D eigenvalue weighted by molar-refractivity contribution is -0.143. The molecule has 2 heterocycles. The number of fused-ring (bicyclic) bond motifs is 4. The molecule has 33 heavy (non-hydrogen) atoms. The molecule has 1 N–H and O–H groups in total. The summed E-state index contributed by atoms with van der Waals surface area (Å²) in [5.74, 6) is -2.90. The second kappa shape index (κ2) is 7.62. The third kappa shape index (κ3) is 3.65. The molecule has 2 aromatic heterocycles. The number of anilines is 1. The molecule has 0 atom stereocenters. The molecule has 2 aromatic carbocycles. The van der Waals surface area contributed by atoms with Crippen LogP contribution in [0.15, 0.2) is 46.9 Å². The predicted octanol–water partition coefficient (Wildman–Crippen LogP) is 5.81. The molecule has 0 aliphatic heterocycles. The number of benzene rings is 2. The Morgan fingerprint density at radius 1 is 1.09 bits per heavy atom. The Hall–Kier alpha value is -3.34. The minimum Gasteiger partial charge on any atom is -0.317 e. The zero-order valence-electron chi connectivity index (χ0n) is 16.5. The lowest BCUT2D eigenvalue weighted by Crippen LogP contribution is -2.21. The van der Waals surface area contributed by atoms with Crippen LogP contribution in [0.5, 0.6) is 0 Å². The fourth-order valence-corrected chi connectivity index (χ4v) is 4.47. The molecular formula is C22H12BrF5N4O. The number of aromatic nitrogens is 3. The summed E-state index contributed by atoms with van der Waals surface area (Å²) in [5, 5.41) is 6.04. The highest BCUT2D eigenvalue weighted by atomic mass is 79.9. The molecule has 4 aromatic rings.